The van der Waals surface area contributed by atoms with Crippen molar-refractivity contribution in [1.82, 2.24) is 9.97 Å². The fourth-order valence-corrected chi connectivity index (χ4v) is 4.25. The zero-order valence-electron chi connectivity index (χ0n) is 19.2. The van der Waals surface area contributed by atoms with Crippen molar-refractivity contribution < 1.29 is 4.39 Å². The molecule has 0 N–H and O–H groups in total. The van der Waals surface area contributed by atoms with Crippen molar-refractivity contribution in [3.8, 4) is 11.3 Å². The fraction of sp³-hybridized carbons (Fsp3) is 0.241. The minimum atomic E-state index is -0.199. The van der Waals surface area contributed by atoms with E-state index >= 15 is 0 Å². The molecule has 168 valence electrons. The lowest BCUT2D eigenvalue weighted by molar-refractivity contribution is 0.624. The number of hydrogen-bond acceptors (Lipinski definition) is 2. The van der Waals surface area contributed by atoms with Crippen LogP contribution in [0, 0.1) is 12.7 Å². The molecule has 0 fully saturated rings. The lowest BCUT2D eigenvalue weighted by Crippen LogP contribution is -2.01. The van der Waals surface area contributed by atoms with Crippen LogP contribution in [0.25, 0.3) is 22.3 Å². The van der Waals surface area contributed by atoms with Crippen LogP contribution in [0.2, 0.25) is 5.02 Å². The van der Waals surface area contributed by atoms with Crippen molar-refractivity contribution in [3.63, 3.8) is 0 Å². The van der Waals surface area contributed by atoms with Gasteiger partial charge in [0.05, 0.1) is 22.4 Å². The highest BCUT2D eigenvalue weighted by molar-refractivity contribution is 6.30. The van der Waals surface area contributed by atoms with Crippen LogP contribution >= 0.6 is 11.6 Å². The summed E-state index contributed by atoms with van der Waals surface area (Å²) in [7, 11) is 0. The molecule has 4 rings (SSSR count). The number of rotatable bonds is 8. The van der Waals surface area contributed by atoms with Gasteiger partial charge in [0.1, 0.15) is 5.82 Å². The summed E-state index contributed by atoms with van der Waals surface area (Å²) in [6.07, 6.45) is 4.63. The molecule has 2 nitrogen and oxygen atoms in total. The zero-order valence-corrected chi connectivity index (χ0v) is 19.9. The number of hydrogen-bond donors (Lipinski definition) is 0. The van der Waals surface area contributed by atoms with Gasteiger partial charge in [-0.05, 0) is 99.0 Å². The molecule has 0 spiro atoms. The van der Waals surface area contributed by atoms with Gasteiger partial charge in [-0.3, -0.25) is 0 Å². The number of aryl methyl sites for hydroxylation is 2. The van der Waals surface area contributed by atoms with E-state index in [2.05, 4.69) is 25.6 Å². The van der Waals surface area contributed by atoms with E-state index in [-0.39, 0.29) is 5.82 Å². The Kier molecular flexibility index (Phi) is 7.20. The molecule has 4 aromatic rings. The zero-order chi connectivity index (χ0) is 23.4. The smallest absolute Gasteiger partial charge is 0.123 e. The van der Waals surface area contributed by atoms with Crippen LogP contribution in [0.1, 0.15) is 48.6 Å². The third kappa shape index (κ3) is 6.06. The summed E-state index contributed by atoms with van der Waals surface area (Å²) in [6.45, 7) is 7.98. The highest BCUT2D eigenvalue weighted by Gasteiger charge is 2.12. The molecule has 0 unspecified atom stereocenters. The van der Waals surface area contributed by atoms with Crippen molar-refractivity contribution in [2.24, 2.45) is 0 Å². The van der Waals surface area contributed by atoms with Crippen LogP contribution in [0.15, 0.2) is 72.8 Å². The molecule has 0 aliphatic heterocycles. The van der Waals surface area contributed by atoms with Gasteiger partial charge in [0.15, 0.2) is 0 Å². The van der Waals surface area contributed by atoms with Gasteiger partial charge >= 0.3 is 0 Å². The second-order valence-electron chi connectivity index (χ2n) is 8.83. The van der Waals surface area contributed by atoms with Crippen molar-refractivity contribution >= 4 is 22.6 Å². The summed E-state index contributed by atoms with van der Waals surface area (Å²) in [5.41, 5.74) is 8.81. The van der Waals surface area contributed by atoms with E-state index in [1.165, 1.54) is 5.57 Å². The van der Waals surface area contributed by atoms with Gasteiger partial charge in [-0.1, -0.05) is 41.4 Å². The van der Waals surface area contributed by atoms with Crippen LogP contribution in [-0.4, -0.2) is 9.97 Å². The normalized spacial score (nSPS) is 11.2. The maximum Gasteiger partial charge on any atom is 0.123 e. The molecular formula is C29H28ClFN2. The van der Waals surface area contributed by atoms with Crippen molar-refractivity contribution in [3.05, 3.63) is 106 Å². The van der Waals surface area contributed by atoms with Crippen LogP contribution in [0.3, 0.4) is 0 Å². The number of aromatic nitrogens is 2. The molecule has 0 bridgehead atoms. The summed E-state index contributed by atoms with van der Waals surface area (Å²) in [5.74, 6) is -0.199. The molecule has 0 aliphatic carbocycles. The summed E-state index contributed by atoms with van der Waals surface area (Å²) in [4.78, 5) is 10.0. The van der Waals surface area contributed by atoms with Gasteiger partial charge in [-0.25, -0.2) is 14.4 Å². The molecule has 0 aliphatic rings. The third-order valence-electron chi connectivity index (χ3n) is 5.70. The molecule has 1 aromatic heterocycles. The molecule has 0 amide bonds. The topological polar surface area (TPSA) is 25.8 Å². The molecule has 3 aromatic carbocycles. The van der Waals surface area contributed by atoms with E-state index in [9.17, 15) is 4.39 Å². The van der Waals surface area contributed by atoms with Crippen LogP contribution in [0.5, 0.6) is 0 Å². The Bertz CT molecular complexity index is 1280. The number of allylic oxidation sites excluding steroid dienone is 1. The average molecular weight is 459 g/mol. The molecular weight excluding hydrogens is 431 g/mol. The number of nitrogens with zero attached hydrogens (tertiary/aromatic N) is 2. The lowest BCUT2D eigenvalue weighted by Gasteiger charge is -2.12. The Labute approximate surface area is 200 Å². The predicted molar refractivity (Wildman–Crippen MR) is 136 cm³/mol. The largest absolute Gasteiger partial charge is 0.249 e. The number of fused-ring (bicyclic) bond motifs is 1. The first kappa shape index (κ1) is 23.1. The molecule has 1 heterocycles. The van der Waals surface area contributed by atoms with E-state index in [4.69, 9.17) is 21.6 Å². The van der Waals surface area contributed by atoms with Crippen LogP contribution in [0.4, 0.5) is 4.39 Å². The third-order valence-corrected chi connectivity index (χ3v) is 5.95. The second kappa shape index (κ2) is 10.3. The molecule has 0 saturated carbocycles. The Morgan fingerprint density at radius 3 is 2.42 bits per heavy atom. The van der Waals surface area contributed by atoms with Crippen molar-refractivity contribution in [2.45, 2.75) is 46.0 Å². The van der Waals surface area contributed by atoms with E-state index in [1.54, 1.807) is 12.1 Å². The quantitative estimate of drug-likeness (QED) is 0.196. The monoisotopic (exact) mass is 458 g/mol. The standard InChI is InChI=1S/C29H28ClFN2/c1-19(2)6-4-5-7-27-29(23-9-11-24(30)12-10-23)33-26-13-8-21(18-28(26)32-27)16-22-14-20(3)15-25(31)17-22/h8-15,17-18H,1,4-7,16H2,2-3H3. The summed E-state index contributed by atoms with van der Waals surface area (Å²) in [5, 5.41) is 0.702. The van der Waals surface area contributed by atoms with Gasteiger partial charge in [0, 0.05) is 10.6 Å². The summed E-state index contributed by atoms with van der Waals surface area (Å²) >= 11 is 6.10. The number of benzene rings is 3. The highest BCUT2D eigenvalue weighted by atomic mass is 35.5. The molecule has 33 heavy (non-hydrogen) atoms. The van der Waals surface area contributed by atoms with Gasteiger partial charge in [0.25, 0.3) is 0 Å². The minimum Gasteiger partial charge on any atom is -0.249 e. The predicted octanol–water partition coefficient (Wildman–Crippen LogP) is 8.28. The first-order valence-electron chi connectivity index (χ1n) is 11.3. The van der Waals surface area contributed by atoms with Crippen LogP contribution in [-0.2, 0) is 12.8 Å². The van der Waals surface area contributed by atoms with E-state index < -0.39 is 0 Å². The average Bonchev–Trinajstić information content (AvgIpc) is 2.76. The van der Waals surface area contributed by atoms with Crippen molar-refractivity contribution in [2.75, 3.05) is 0 Å². The summed E-state index contributed by atoms with van der Waals surface area (Å²) in [6, 6.07) is 19.1. The van der Waals surface area contributed by atoms with E-state index in [0.717, 1.165) is 70.4 Å². The highest BCUT2D eigenvalue weighted by Crippen LogP contribution is 2.27. The fourth-order valence-electron chi connectivity index (χ4n) is 4.13. The van der Waals surface area contributed by atoms with Gasteiger partial charge in [-0.2, -0.15) is 0 Å². The van der Waals surface area contributed by atoms with Gasteiger partial charge < -0.3 is 0 Å². The first-order valence-corrected chi connectivity index (χ1v) is 11.7. The molecule has 0 saturated heterocycles. The Balaban J connectivity index is 1.69. The van der Waals surface area contributed by atoms with E-state index in [0.29, 0.717) is 11.4 Å². The number of unbranched alkanes of at least 4 members (excludes halogenated alkanes) is 1. The van der Waals surface area contributed by atoms with Crippen LogP contribution < -0.4 is 0 Å². The maximum atomic E-state index is 13.8. The minimum absolute atomic E-state index is 0.199. The number of halogens is 2. The Morgan fingerprint density at radius 1 is 0.909 bits per heavy atom. The summed E-state index contributed by atoms with van der Waals surface area (Å²) < 4.78 is 13.8. The Hall–Kier alpha value is -3.04. The molecule has 0 radical (unpaired) electrons. The van der Waals surface area contributed by atoms with E-state index in [1.807, 2.05) is 43.3 Å². The van der Waals surface area contributed by atoms with Gasteiger partial charge in [0.2, 0.25) is 0 Å². The SMILES string of the molecule is C=C(C)CCCCc1nc2cc(Cc3cc(C)cc(F)c3)ccc2nc1-c1ccc(Cl)cc1. The molecule has 0 atom stereocenters. The Morgan fingerprint density at radius 2 is 1.70 bits per heavy atom. The first-order chi connectivity index (χ1) is 15.9. The second-order valence-corrected chi connectivity index (χ2v) is 9.26. The molecule has 4 heteroatoms. The van der Waals surface area contributed by atoms with Gasteiger partial charge in [-0.15, -0.1) is 6.58 Å². The maximum absolute atomic E-state index is 13.8. The lowest BCUT2D eigenvalue weighted by atomic mass is 10.0. The van der Waals surface area contributed by atoms with Crippen molar-refractivity contribution in [1.29, 1.82) is 0 Å².